The summed E-state index contributed by atoms with van der Waals surface area (Å²) in [5.74, 6) is 0. The third-order valence-electron chi connectivity index (χ3n) is 3.59. The van der Waals surface area contributed by atoms with E-state index >= 15 is 0 Å². The lowest BCUT2D eigenvalue weighted by Gasteiger charge is -2.30. The number of aromatic nitrogens is 3. The molecule has 102 valence electrons. The molecule has 0 bridgehead atoms. The Kier molecular flexibility index (Phi) is 3.97. The largest absolute Gasteiger partial charge is 0.387 e. The van der Waals surface area contributed by atoms with Gasteiger partial charge in [0, 0.05) is 0 Å². The first-order valence-corrected chi connectivity index (χ1v) is 6.49. The van der Waals surface area contributed by atoms with Crippen molar-refractivity contribution < 1.29 is 10.2 Å². The number of para-hydroxylation sites is 1. The molecule has 1 aromatic heterocycles. The first-order chi connectivity index (χ1) is 9.12. The van der Waals surface area contributed by atoms with Crippen LogP contribution in [0.5, 0.6) is 0 Å². The normalized spacial score (nSPS) is 13.5. The molecule has 0 aliphatic heterocycles. The quantitative estimate of drug-likeness (QED) is 0.861. The molecule has 1 unspecified atom stereocenters. The third kappa shape index (κ3) is 2.52. The molecule has 1 aromatic carbocycles. The summed E-state index contributed by atoms with van der Waals surface area (Å²) in [6.45, 7) is 3.70. The van der Waals surface area contributed by atoms with Crippen LogP contribution >= 0.6 is 0 Å². The van der Waals surface area contributed by atoms with Gasteiger partial charge in [0.15, 0.2) is 0 Å². The molecular formula is C14H19N3O2. The molecule has 5 nitrogen and oxygen atoms in total. The zero-order valence-electron chi connectivity index (χ0n) is 11.2. The monoisotopic (exact) mass is 261 g/mol. The summed E-state index contributed by atoms with van der Waals surface area (Å²) in [6, 6.07) is 9.44. The minimum atomic E-state index is -1.16. The minimum absolute atomic E-state index is 0.463. The fraction of sp³-hybridized carbons (Fsp3) is 0.429. The number of hydrogen-bond donors (Lipinski definition) is 2. The fourth-order valence-corrected chi connectivity index (χ4v) is 2.11. The van der Waals surface area contributed by atoms with Crippen LogP contribution < -0.4 is 0 Å². The van der Waals surface area contributed by atoms with E-state index in [1.165, 1.54) is 6.20 Å². The Balaban J connectivity index is 2.40. The third-order valence-corrected chi connectivity index (χ3v) is 3.59. The van der Waals surface area contributed by atoms with E-state index in [0.29, 0.717) is 18.5 Å². The predicted octanol–water partition coefficient (Wildman–Crippen LogP) is 1.85. The lowest BCUT2D eigenvalue weighted by Crippen LogP contribution is -2.36. The van der Waals surface area contributed by atoms with Crippen LogP contribution in [0.1, 0.15) is 38.5 Å². The van der Waals surface area contributed by atoms with E-state index in [1.807, 2.05) is 44.2 Å². The van der Waals surface area contributed by atoms with E-state index in [1.54, 1.807) is 4.68 Å². The number of benzene rings is 1. The van der Waals surface area contributed by atoms with Gasteiger partial charge >= 0.3 is 0 Å². The lowest BCUT2D eigenvalue weighted by atomic mass is 9.89. The summed E-state index contributed by atoms with van der Waals surface area (Å²) in [5, 5.41) is 28.7. The maximum absolute atomic E-state index is 10.4. The highest BCUT2D eigenvalue weighted by molar-refractivity contribution is 5.32. The summed E-state index contributed by atoms with van der Waals surface area (Å²) in [7, 11) is 0. The number of aliphatic hydroxyl groups excluding tert-OH is 1. The van der Waals surface area contributed by atoms with E-state index in [2.05, 4.69) is 10.3 Å². The second-order valence-electron chi connectivity index (χ2n) is 4.62. The standard InChI is InChI=1S/C14H19N3O2/c1-3-14(19,4-2)13(18)12-10-15-16-17(12)11-8-6-5-7-9-11/h5-10,13,18-19H,3-4H2,1-2H3. The summed E-state index contributed by atoms with van der Waals surface area (Å²) in [4.78, 5) is 0. The van der Waals surface area contributed by atoms with Crippen molar-refractivity contribution in [2.75, 3.05) is 0 Å². The SMILES string of the molecule is CCC(O)(CC)C(O)c1cnnn1-c1ccccc1. The highest BCUT2D eigenvalue weighted by Crippen LogP contribution is 2.31. The van der Waals surface area contributed by atoms with Gasteiger partial charge in [-0.1, -0.05) is 37.3 Å². The first kappa shape index (κ1) is 13.7. The lowest BCUT2D eigenvalue weighted by molar-refractivity contribution is -0.0848. The van der Waals surface area contributed by atoms with Gasteiger partial charge in [0.1, 0.15) is 6.10 Å². The molecule has 0 spiro atoms. The molecule has 1 heterocycles. The molecule has 0 saturated heterocycles. The molecule has 0 aliphatic carbocycles. The first-order valence-electron chi connectivity index (χ1n) is 6.49. The van der Waals surface area contributed by atoms with Crippen molar-refractivity contribution in [3.8, 4) is 5.69 Å². The molecule has 2 N–H and O–H groups in total. The van der Waals surface area contributed by atoms with E-state index in [4.69, 9.17) is 0 Å². The van der Waals surface area contributed by atoms with Crippen LogP contribution in [0.25, 0.3) is 5.69 Å². The van der Waals surface area contributed by atoms with Crippen LogP contribution in [0.15, 0.2) is 36.5 Å². The van der Waals surface area contributed by atoms with Gasteiger partial charge in [0.25, 0.3) is 0 Å². The second-order valence-corrected chi connectivity index (χ2v) is 4.62. The van der Waals surface area contributed by atoms with Gasteiger partial charge in [0.05, 0.1) is 23.2 Å². The maximum atomic E-state index is 10.4. The second kappa shape index (κ2) is 5.50. The van der Waals surface area contributed by atoms with Crippen LogP contribution in [0.2, 0.25) is 0 Å². The number of nitrogens with zero attached hydrogens (tertiary/aromatic N) is 3. The van der Waals surface area contributed by atoms with Crippen LogP contribution in [-0.2, 0) is 0 Å². The Bertz CT molecular complexity index is 520. The summed E-state index contributed by atoms with van der Waals surface area (Å²) >= 11 is 0. The topological polar surface area (TPSA) is 71.2 Å². The van der Waals surface area contributed by atoms with Crippen molar-refractivity contribution in [2.45, 2.75) is 38.4 Å². The predicted molar refractivity (Wildman–Crippen MR) is 71.9 cm³/mol. The molecule has 19 heavy (non-hydrogen) atoms. The van der Waals surface area contributed by atoms with Gasteiger partial charge in [-0.25, -0.2) is 4.68 Å². The molecule has 0 amide bonds. The Morgan fingerprint density at radius 2 is 1.84 bits per heavy atom. The smallest absolute Gasteiger partial charge is 0.126 e. The van der Waals surface area contributed by atoms with Crippen LogP contribution in [0.4, 0.5) is 0 Å². The minimum Gasteiger partial charge on any atom is -0.387 e. The molecule has 2 aromatic rings. The molecule has 0 radical (unpaired) electrons. The Morgan fingerprint density at radius 1 is 1.21 bits per heavy atom. The Labute approximate surface area is 112 Å². The molecule has 0 aliphatic rings. The molecular weight excluding hydrogens is 242 g/mol. The Hall–Kier alpha value is -1.72. The van der Waals surface area contributed by atoms with Crippen molar-refractivity contribution >= 4 is 0 Å². The molecule has 2 rings (SSSR count). The van der Waals surface area contributed by atoms with E-state index in [0.717, 1.165) is 5.69 Å². The van der Waals surface area contributed by atoms with E-state index < -0.39 is 11.7 Å². The Morgan fingerprint density at radius 3 is 2.42 bits per heavy atom. The van der Waals surface area contributed by atoms with Gasteiger partial charge in [0.2, 0.25) is 0 Å². The maximum Gasteiger partial charge on any atom is 0.126 e. The van der Waals surface area contributed by atoms with Gasteiger partial charge < -0.3 is 10.2 Å². The zero-order chi connectivity index (χ0) is 13.9. The summed E-state index contributed by atoms with van der Waals surface area (Å²) in [6.07, 6.45) is 1.40. The summed E-state index contributed by atoms with van der Waals surface area (Å²) < 4.78 is 1.56. The van der Waals surface area contributed by atoms with Crippen molar-refractivity contribution in [3.05, 3.63) is 42.2 Å². The highest BCUT2D eigenvalue weighted by Gasteiger charge is 2.35. The van der Waals surface area contributed by atoms with Gasteiger partial charge in [-0.3, -0.25) is 0 Å². The van der Waals surface area contributed by atoms with Gasteiger partial charge in [-0.05, 0) is 25.0 Å². The number of aliphatic hydroxyl groups is 2. The zero-order valence-corrected chi connectivity index (χ0v) is 11.2. The van der Waals surface area contributed by atoms with Crippen LogP contribution in [-0.4, -0.2) is 30.8 Å². The van der Waals surface area contributed by atoms with Crippen molar-refractivity contribution in [1.82, 2.24) is 15.0 Å². The highest BCUT2D eigenvalue weighted by atomic mass is 16.3. The fourth-order valence-electron chi connectivity index (χ4n) is 2.11. The number of hydrogen-bond acceptors (Lipinski definition) is 4. The van der Waals surface area contributed by atoms with Crippen LogP contribution in [0, 0.1) is 0 Å². The van der Waals surface area contributed by atoms with E-state index in [9.17, 15) is 10.2 Å². The van der Waals surface area contributed by atoms with Gasteiger partial charge in [-0.2, -0.15) is 0 Å². The molecule has 5 heteroatoms. The van der Waals surface area contributed by atoms with Crippen molar-refractivity contribution in [1.29, 1.82) is 0 Å². The average Bonchev–Trinajstić information content (AvgIpc) is 2.95. The number of rotatable bonds is 5. The van der Waals surface area contributed by atoms with E-state index in [-0.39, 0.29) is 0 Å². The van der Waals surface area contributed by atoms with Gasteiger partial charge in [-0.15, -0.1) is 5.10 Å². The molecule has 0 saturated carbocycles. The molecule has 1 atom stereocenters. The molecule has 0 fully saturated rings. The summed E-state index contributed by atoms with van der Waals surface area (Å²) in [5.41, 5.74) is 0.148. The van der Waals surface area contributed by atoms with Crippen molar-refractivity contribution in [2.24, 2.45) is 0 Å². The average molecular weight is 261 g/mol. The van der Waals surface area contributed by atoms with Crippen LogP contribution in [0.3, 0.4) is 0 Å². The van der Waals surface area contributed by atoms with Crippen molar-refractivity contribution in [3.63, 3.8) is 0 Å².